The molecule has 0 unspecified atom stereocenters. The third-order valence-electron chi connectivity index (χ3n) is 3.33. The number of aromatic nitrogens is 2. The molecule has 0 fully saturated rings. The van der Waals surface area contributed by atoms with Crippen LogP contribution in [-0.2, 0) is 11.2 Å². The van der Waals surface area contributed by atoms with Crippen molar-refractivity contribution in [2.24, 2.45) is 0 Å². The van der Waals surface area contributed by atoms with Crippen LogP contribution in [0.1, 0.15) is 12.0 Å². The lowest BCUT2D eigenvalue weighted by molar-refractivity contribution is -0.116. The smallest absolute Gasteiger partial charge is 0.323 e. The molecule has 0 bridgehead atoms. The maximum atomic E-state index is 12.0. The van der Waals surface area contributed by atoms with E-state index in [2.05, 4.69) is 15.3 Å². The molecule has 0 atom stereocenters. The molecular formula is C16H14ClN3O2. The molecule has 0 aliphatic rings. The van der Waals surface area contributed by atoms with Gasteiger partial charge >= 0.3 is 5.69 Å². The Morgan fingerprint density at radius 3 is 2.73 bits per heavy atom. The van der Waals surface area contributed by atoms with Crippen LogP contribution in [-0.4, -0.2) is 15.9 Å². The second-order valence-corrected chi connectivity index (χ2v) is 5.45. The first-order chi connectivity index (χ1) is 10.6. The number of imidazole rings is 1. The summed E-state index contributed by atoms with van der Waals surface area (Å²) in [6, 6.07) is 12.7. The van der Waals surface area contributed by atoms with Gasteiger partial charge in [-0.1, -0.05) is 23.7 Å². The van der Waals surface area contributed by atoms with Crippen LogP contribution < -0.4 is 11.0 Å². The van der Waals surface area contributed by atoms with Crippen molar-refractivity contribution in [2.45, 2.75) is 12.8 Å². The summed E-state index contributed by atoms with van der Waals surface area (Å²) in [7, 11) is 0. The summed E-state index contributed by atoms with van der Waals surface area (Å²) in [4.78, 5) is 28.5. The number of fused-ring (bicyclic) bond motifs is 1. The molecule has 0 aliphatic carbocycles. The Hall–Kier alpha value is -2.53. The number of aromatic amines is 2. The number of H-pyrrole nitrogens is 2. The summed E-state index contributed by atoms with van der Waals surface area (Å²) in [6.07, 6.45) is 0.984. The molecule has 0 spiro atoms. The minimum atomic E-state index is -0.264. The second kappa shape index (κ2) is 6.07. The van der Waals surface area contributed by atoms with Crippen LogP contribution in [0.5, 0.6) is 0 Å². The highest BCUT2D eigenvalue weighted by Gasteiger charge is 2.05. The Balaban J connectivity index is 1.64. The number of carbonyl (C=O) groups excluding carboxylic acids is 1. The van der Waals surface area contributed by atoms with E-state index in [9.17, 15) is 9.59 Å². The summed E-state index contributed by atoms with van der Waals surface area (Å²) in [5.74, 6) is -0.0859. The topological polar surface area (TPSA) is 77.8 Å². The van der Waals surface area contributed by atoms with Gasteiger partial charge in [-0.2, -0.15) is 0 Å². The highest BCUT2D eigenvalue weighted by Crippen LogP contribution is 2.16. The van der Waals surface area contributed by atoms with Crippen LogP contribution in [0.25, 0.3) is 11.0 Å². The predicted molar refractivity (Wildman–Crippen MR) is 87.3 cm³/mol. The van der Waals surface area contributed by atoms with Crippen LogP contribution in [0.15, 0.2) is 47.3 Å². The van der Waals surface area contributed by atoms with Crippen molar-refractivity contribution in [3.63, 3.8) is 0 Å². The average molecular weight is 316 g/mol. The van der Waals surface area contributed by atoms with Gasteiger partial charge in [0, 0.05) is 17.1 Å². The fraction of sp³-hybridized carbons (Fsp3) is 0.125. The molecule has 1 amide bonds. The van der Waals surface area contributed by atoms with E-state index in [-0.39, 0.29) is 11.6 Å². The van der Waals surface area contributed by atoms with Gasteiger partial charge in [-0.25, -0.2) is 4.79 Å². The molecule has 3 aromatic rings. The average Bonchev–Trinajstić information content (AvgIpc) is 2.84. The van der Waals surface area contributed by atoms with Gasteiger partial charge in [-0.05, 0) is 42.3 Å². The maximum Gasteiger partial charge on any atom is 0.323 e. The first kappa shape index (κ1) is 14.4. The molecule has 112 valence electrons. The Morgan fingerprint density at radius 2 is 1.91 bits per heavy atom. The van der Waals surface area contributed by atoms with E-state index in [4.69, 9.17) is 11.6 Å². The van der Waals surface area contributed by atoms with Crippen LogP contribution in [0, 0.1) is 0 Å². The minimum absolute atomic E-state index is 0.0859. The van der Waals surface area contributed by atoms with E-state index < -0.39 is 0 Å². The van der Waals surface area contributed by atoms with Gasteiger partial charge in [0.1, 0.15) is 0 Å². The lowest BCUT2D eigenvalue weighted by Crippen LogP contribution is -2.12. The number of halogens is 1. The number of amides is 1. The van der Waals surface area contributed by atoms with Gasteiger partial charge in [0.15, 0.2) is 0 Å². The molecule has 3 rings (SSSR count). The van der Waals surface area contributed by atoms with Crippen molar-refractivity contribution in [3.8, 4) is 0 Å². The van der Waals surface area contributed by atoms with E-state index in [0.29, 0.717) is 34.6 Å². The quantitative estimate of drug-likeness (QED) is 0.692. The molecule has 0 saturated heterocycles. The predicted octanol–water partition coefficient (Wildman–Crippen LogP) is 3.08. The van der Waals surface area contributed by atoms with Crippen LogP contribution in [0.2, 0.25) is 5.02 Å². The molecule has 5 nitrogen and oxygen atoms in total. The maximum absolute atomic E-state index is 12.0. The van der Waals surface area contributed by atoms with Gasteiger partial charge in [-0.15, -0.1) is 0 Å². The third-order valence-corrected chi connectivity index (χ3v) is 3.56. The molecule has 0 saturated carbocycles. The van der Waals surface area contributed by atoms with Crippen LogP contribution in [0.3, 0.4) is 0 Å². The zero-order chi connectivity index (χ0) is 15.5. The highest BCUT2D eigenvalue weighted by molar-refractivity contribution is 6.30. The van der Waals surface area contributed by atoms with Crippen molar-refractivity contribution >= 4 is 34.2 Å². The molecular weight excluding hydrogens is 302 g/mol. The summed E-state index contributed by atoms with van der Waals surface area (Å²) in [6.45, 7) is 0. The molecule has 0 radical (unpaired) electrons. The number of hydrogen-bond acceptors (Lipinski definition) is 2. The lowest BCUT2D eigenvalue weighted by Gasteiger charge is -2.05. The molecule has 1 aromatic heterocycles. The number of anilines is 1. The largest absolute Gasteiger partial charge is 0.326 e. The van der Waals surface area contributed by atoms with Gasteiger partial charge in [-0.3, -0.25) is 4.79 Å². The van der Waals surface area contributed by atoms with Gasteiger partial charge in [0.05, 0.1) is 11.0 Å². The van der Waals surface area contributed by atoms with Crippen LogP contribution in [0.4, 0.5) is 5.69 Å². The number of hydrogen-bond donors (Lipinski definition) is 3. The molecule has 22 heavy (non-hydrogen) atoms. The summed E-state index contributed by atoms with van der Waals surface area (Å²) < 4.78 is 0. The summed E-state index contributed by atoms with van der Waals surface area (Å²) >= 11 is 5.91. The molecule has 2 aromatic carbocycles. The van der Waals surface area contributed by atoms with Crippen molar-refractivity contribution in [2.75, 3.05) is 5.32 Å². The van der Waals surface area contributed by atoms with E-state index in [1.807, 2.05) is 18.2 Å². The fourth-order valence-corrected chi connectivity index (χ4v) is 2.50. The van der Waals surface area contributed by atoms with Crippen molar-refractivity contribution < 1.29 is 4.79 Å². The van der Waals surface area contributed by atoms with E-state index in [0.717, 1.165) is 5.56 Å². The third kappa shape index (κ3) is 3.38. The Kier molecular flexibility index (Phi) is 3.98. The number of rotatable bonds is 4. The van der Waals surface area contributed by atoms with Gasteiger partial charge in [0.25, 0.3) is 0 Å². The van der Waals surface area contributed by atoms with Crippen LogP contribution >= 0.6 is 11.6 Å². The number of nitrogens with one attached hydrogen (secondary N) is 3. The fourth-order valence-electron chi connectivity index (χ4n) is 2.28. The highest BCUT2D eigenvalue weighted by atomic mass is 35.5. The summed E-state index contributed by atoms with van der Waals surface area (Å²) in [5, 5.41) is 3.49. The van der Waals surface area contributed by atoms with Crippen molar-refractivity contribution in [1.29, 1.82) is 0 Å². The molecule has 0 aliphatic heterocycles. The summed E-state index contributed by atoms with van der Waals surface area (Å²) in [5.41, 5.74) is 2.78. The second-order valence-electron chi connectivity index (χ2n) is 5.02. The van der Waals surface area contributed by atoms with Crippen molar-refractivity contribution in [3.05, 3.63) is 63.5 Å². The lowest BCUT2D eigenvalue weighted by atomic mass is 10.1. The van der Waals surface area contributed by atoms with E-state index in [1.165, 1.54) is 0 Å². The molecule has 6 heteroatoms. The molecule has 1 heterocycles. The normalized spacial score (nSPS) is 10.8. The first-order valence-corrected chi connectivity index (χ1v) is 7.24. The number of benzene rings is 2. The van der Waals surface area contributed by atoms with Crippen molar-refractivity contribution in [1.82, 2.24) is 9.97 Å². The monoisotopic (exact) mass is 315 g/mol. The zero-order valence-corrected chi connectivity index (χ0v) is 12.4. The standard InChI is InChI=1S/C16H14ClN3O2/c17-11-3-1-2-10(8-11)4-7-15(21)18-12-5-6-13-14(9-12)20-16(22)19-13/h1-3,5-6,8-9H,4,7H2,(H,18,21)(H2,19,20,22). The number of aryl methyl sites for hydroxylation is 1. The zero-order valence-electron chi connectivity index (χ0n) is 11.7. The minimum Gasteiger partial charge on any atom is -0.326 e. The van der Waals surface area contributed by atoms with Gasteiger partial charge < -0.3 is 15.3 Å². The first-order valence-electron chi connectivity index (χ1n) is 6.86. The Bertz CT molecular complexity index is 882. The number of carbonyl (C=O) groups is 1. The molecule has 3 N–H and O–H groups in total. The SMILES string of the molecule is O=C(CCc1cccc(Cl)c1)Nc1ccc2[nH]c(=O)[nH]c2c1. The Labute approximate surface area is 131 Å². The van der Waals surface area contributed by atoms with E-state index in [1.54, 1.807) is 24.3 Å². The van der Waals surface area contributed by atoms with Gasteiger partial charge in [0.2, 0.25) is 5.91 Å². The Morgan fingerprint density at radius 1 is 1.09 bits per heavy atom. The van der Waals surface area contributed by atoms with E-state index >= 15 is 0 Å².